The fraction of sp³-hybridized carbons (Fsp3) is 0.348. The van der Waals surface area contributed by atoms with E-state index in [9.17, 15) is 13.2 Å². The predicted octanol–water partition coefficient (Wildman–Crippen LogP) is 3.75. The minimum Gasteiger partial charge on any atom is -0.497 e. The maximum atomic E-state index is 12.6. The Balaban J connectivity index is 1.59. The van der Waals surface area contributed by atoms with Crippen molar-refractivity contribution in [2.75, 3.05) is 19.0 Å². The maximum Gasteiger partial charge on any atom is 0.224 e. The van der Waals surface area contributed by atoms with E-state index >= 15 is 0 Å². The summed E-state index contributed by atoms with van der Waals surface area (Å²) in [4.78, 5) is 12.6. The Morgan fingerprint density at radius 3 is 2.70 bits per heavy atom. The Hall–Kier alpha value is -2.64. The van der Waals surface area contributed by atoms with Crippen LogP contribution in [-0.2, 0) is 27.0 Å². The number of carbonyl (C=O) groups is 1. The van der Waals surface area contributed by atoms with Gasteiger partial charge >= 0.3 is 0 Å². The molecule has 0 saturated carbocycles. The molecule has 3 rings (SSSR count). The van der Waals surface area contributed by atoms with Gasteiger partial charge < -0.3 is 10.1 Å². The molecule has 0 radical (unpaired) electrons. The fourth-order valence-electron chi connectivity index (χ4n) is 3.81. The quantitative estimate of drug-likeness (QED) is 0.596. The molecule has 2 N–H and O–H groups in total. The molecule has 0 heterocycles. The van der Waals surface area contributed by atoms with Crippen molar-refractivity contribution in [3.63, 3.8) is 0 Å². The first-order valence-corrected chi connectivity index (χ1v) is 11.7. The zero-order valence-electron chi connectivity index (χ0n) is 17.2. The number of methoxy groups -OCH3 is 1. The Morgan fingerprint density at radius 2 is 2.00 bits per heavy atom. The lowest BCUT2D eigenvalue weighted by atomic mass is 9.81. The minimum atomic E-state index is -3.40. The second-order valence-electron chi connectivity index (χ2n) is 7.50. The standard InChI is InChI=1S/C23H28N2O4S/c1-3-13-24-30(27,28)16-17-7-9-20(10-8-17)25-23(26)15-19-6-4-5-18-14-21(29-2)11-12-22(18)19/h3,7-12,14,19,24H,1,4-6,13,15-16H2,2H3,(H,25,26). The Morgan fingerprint density at radius 1 is 1.23 bits per heavy atom. The van der Waals surface area contributed by atoms with Gasteiger partial charge in [-0.15, -0.1) is 6.58 Å². The van der Waals surface area contributed by atoms with Crippen LogP contribution in [0.5, 0.6) is 5.75 Å². The lowest BCUT2D eigenvalue weighted by molar-refractivity contribution is -0.116. The topological polar surface area (TPSA) is 84.5 Å². The summed E-state index contributed by atoms with van der Waals surface area (Å²) in [6.45, 7) is 3.70. The molecule has 6 nitrogen and oxygen atoms in total. The third-order valence-electron chi connectivity index (χ3n) is 5.26. The van der Waals surface area contributed by atoms with Crippen LogP contribution in [-0.4, -0.2) is 28.0 Å². The zero-order valence-corrected chi connectivity index (χ0v) is 18.0. The number of fused-ring (bicyclic) bond motifs is 1. The van der Waals surface area contributed by atoms with E-state index in [1.165, 1.54) is 17.2 Å². The Labute approximate surface area is 178 Å². The summed E-state index contributed by atoms with van der Waals surface area (Å²) in [5.41, 5.74) is 3.80. The van der Waals surface area contributed by atoms with Gasteiger partial charge in [0.2, 0.25) is 15.9 Å². The SMILES string of the molecule is C=CCNS(=O)(=O)Cc1ccc(NC(=O)CC2CCCc3cc(OC)ccc32)cc1. The predicted molar refractivity (Wildman–Crippen MR) is 119 cm³/mol. The second kappa shape index (κ2) is 9.91. The molecule has 1 amide bonds. The normalized spacial score (nSPS) is 15.8. The van der Waals surface area contributed by atoms with Crippen molar-refractivity contribution >= 4 is 21.6 Å². The van der Waals surface area contributed by atoms with E-state index < -0.39 is 10.0 Å². The molecule has 0 spiro atoms. The van der Waals surface area contributed by atoms with Crippen molar-refractivity contribution in [3.05, 3.63) is 71.8 Å². The van der Waals surface area contributed by atoms with Crippen molar-refractivity contribution in [2.24, 2.45) is 0 Å². The first kappa shape index (κ1) is 22.1. The number of sulfonamides is 1. The summed E-state index contributed by atoms with van der Waals surface area (Å²) < 4.78 is 31.6. The molecule has 1 atom stereocenters. The van der Waals surface area contributed by atoms with Gasteiger partial charge in [0.05, 0.1) is 12.9 Å². The first-order valence-electron chi connectivity index (χ1n) is 10.0. The Bertz CT molecular complexity index is 1000. The van der Waals surface area contributed by atoms with Crippen LogP contribution >= 0.6 is 0 Å². The second-order valence-corrected chi connectivity index (χ2v) is 9.31. The van der Waals surface area contributed by atoms with Gasteiger partial charge in [-0.3, -0.25) is 4.79 Å². The van der Waals surface area contributed by atoms with Crippen molar-refractivity contribution in [2.45, 2.75) is 37.4 Å². The average Bonchev–Trinajstić information content (AvgIpc) is 2.73. The summed E-state index contributed by atoms with van der Waals surface area (Å²) >= 11 is 0. The van der Waals surface area contributed by atoms with Crippen LogP contribution in [0.3, 0.4) is 0 Å². The van der Waals surface area contributed by atoms with E-state index in [1.54, 1.807) is 31.4 Å². The van der Waals surface area contributed by atoms with Crippen LogP contribution in [0.2, 0.25) is 0 Å². The highest BCUT2D eigenvalue weighted by molar-refractivity contribution is 7.88. The summed E-state index contributed by atoms with van der Waals surface area (Å²) in [6, 6.07) is 13.0. The number of amides is 1. The van der Waals surface area contributed by atoms with E-state index in [2.05, 4.69) is 28.8 Å². The molecule has 1 unspecified atom stereocenters. The lowest BCUT2D eigenvalue weighted by Crippen LogP contribution is -2.25. The third kappa shape index (κ3) is 5.93. The summed E-state index contributed by atoms with van der Waals surface area (Å²) in [6.07, 6.45) is 4.97. The molecule has 30 heavy (non-hydrogen) atoms. The molecule has 2 aromatic carbocycles. The molecule has 0 saturated heterocycles. The van der Waals surface area contributed by atoms with Crippen LogP contribution in [0.25, 0.3) is 0 Å². The Kier molecular flexibility index (Phi) is 7.29. The van der Waals surface area contributed by atoms with Crippen LogP contribution in [0.4, 0.5) is 5.69 Å². The van der Waals surface area contributed by atoms with Gasteiger partial charge in [-0.1, -0.05) is 24.3 Å². The van der Waals surface area contributed by atoms with Crippen LogP contribution in [0.15, 0.2) is 55.1 Å². The molecule has 0 aliphatic heterocycles. The number of anilines is 1. The van der Waals surface area contributed by atoms with Crippen LogP contribution < -0.4 is 14.8 Å². The van der Waals surface area contributed by atoms with Gasteiger partial charge in [0.25, 0.3) is 0 Å². The van der Waals surface area contributed by atoms with Gasteiger partial charge in [-0.2, -0.15) is 0 Å². The average molecular weight is 429 g/mol. The molecular formula is C23H28N2O4S. The molecule has 0 aromatic heterocycles. The number of ether oxygens (including phenoxy) is 1. The monoisotopic (exact) mass is 428 g/mol. The summed E-state index contributed by atoms with van der Waals surface area (Å²) in [7, 11) is -1.74. The molecule has 1 aliphatic rings. The molecule has 2 aromatic rings. The molecule has 0 fully saturated rings. The van der Waals surface area contributed by atoms with Crippen LogP contribution in [0, 0.1) is 0 Å². The van der Waals surface area contributed by atoms with Crippen molar-refractivity contribution in [3.8, 4) is 5.75 Å². The van der Waals surface area contributed by atoms with Crippen molar-refractivity contribution in [1.29, 1.82) is 0 Å². The van der Waals surface area contributed by atoms with Crippen molar-refractivity contribution < 1.29 is 17.9 Å². The van der Waals surface area contributed by atoms with Gasteiger partial charge in [0, 0.05) is 18.7 Å². The molecular weight excluding hydrogens is 400 g/mol. The number of hydrogen-bond donors (Lipinski definition) is 2. The number of benzene rings is 2. The highest BCUT2D eigenvalue weighted by Gasteiger charge is 2.23. The largest absolute Gasteiger partial charge is 0.497 e. The van der Waals surface area contributed by atoms with E-state index in [4.69, 9.17) is 4.74 Å². The zero-order chi connectivity index (χ0) is 21.6. The third-order valence-corrected chi connectivity index (χ3v) is 6.58. The number of nitrogens with one attached hydrogen (secondary N) is 2. The van der Waals surface area contributed by atoms with E-state index in [-0.39, 0.29) is 24.1 Å². The minimum absolute atomic E-state index is 0.0447. The smallest absolute Gasteiger partial charge is 0.224 e. The fourth-order valence-corrected chi connectivity index (χ4v) is 4.91. The molecule has 1 aliphatic carbocycles. The number of aryl methyl sites for hydroxylation is 1. The van der Waals surface area contributed by atoms with Crippen molar-refractivity contribution in [1.82, 2.24) is 4.72 Å². The highest BCUT2D eigenvalue weighted by atomic mass is 32.2. The lowest BCUT2D eigenvalue weighted by Gasteiger charge is -2.25. The van der Waals surface area contributed by atoms with Crippen LogP contribution in [0.1, 0.15) is 41.9 Å². The first-order chi connectivity index (χ1) is 14.4. The number of hydrogen-bond acceptors (Lipinski definition) is 4. The highest BCUT2D eigenvalue weighted by Crippen LogP contribution is 2.36. The maximum absolute atomic E-state index is 12.6. The van der Waals surface area contributed by atoms with Gasteiger partial charge in [0.1, 0.15) is 5.75 Å². The van der Waals surface area contributed by atoms with Gasteiger partial charge in [0.15, 0.2) is 0 Å². The molecule has 0 bridgehead atoms. The number of rotatable bonds is 9. The van der Waals surface area contributed by atoms with Gasteiger partial charge in [-0.05, 0) is 66.1 Å². The summed E-state index contributed by atoms with van der Waals surface area (Å²) in [5.74, 6) is 0.884. The summed E-state index contributed by atoms with van der Waals surface area (Å²) in [5, 5.41) is 2.92. The molecule has 7 heteroatoms. The van der Waals surface area contributed by atoms with E-state index in [0.29, 0.717) is 17.7 Å². The molecule has 160 valence electrons. The van der Waals surface area contributed by atoms with E-state index in [1.807, 2.05) is 6.07 Å². The number of carbonyl (C=O) groups excluding carboxylic acids is 1. The van der Waals surface area contributed by atoms with E-state index in [0.717, 1.165) is 25.0 Å². The van der Waals surface area contributed by atoms with Gasteiger partial charge in [-0.25, -0.2) is 13.1 Å².